The fourth-order valence-electron chi connectivity index (χ4n) is 2.04. The van der Waals surface area contributed by atoms with Crippen LogP contribution in [0.1, 0.15) is 25.2 Å². The lowest BCUT2D eigenvalue weighted by atomic mass is 10.1. The minimum absolute atomic E-state index is 0.0754. The van der Waals surface area contributed by atoms with Gasteiger partial charge in [0, 0.05) is 13.0 Å². The molecule has 21 heavy (non-hydrogen) atoms. The largest absolute Gasteiger partial charge is 0.299 e. The number of halogens is 2. The van der Waals surface area contributed by atoms with Crippen LogP contribution in [0.5, 0.6) is 0 Å². The highest BCUT2D eigenvalue weighted by Crippen LogP contribution is 2.23. The molecule has 2 rings (SSSR count). The first kappa shape index (κ1) is 16.0. The molecular formula is C15H17Cl2N3O. The summed E-state index contributed by atoms with van der Waals surface area (Å²) < 4.78 is 1.79. The van der Waals surface area contributed by atoms with E-state index >= 15 is 0 Å². The van der Waals surface area contributed by atoms with Gasteiger partial charge >= 0.3 is 0 Å². The van der Waals surface area contributed by atoms with Gasteiger partial charge in [0.15, 0.2) is 0 Å². The molecule has 0 N–H and O–H groups in total. The molecule has 0 aliphatic rings. The molecule has 1 heterocycles. The van der Waals surface area contributed by atoms with E-state index in [1.807, 2.05) is 6.07 Å². The van der Waals surface area contributed by atoms with Crippen molar-refractivity contribution in [2.24, 2.45) is 5.92 Å². The molecule has 0 fully saturated rings. The van der Waals surface area contributed by atoms with E-state index in [1.54, 1.807) is 16.8 Å². The number of aromatic nitrogens is 3. The molecule has 1 aromatic heterocycles. The van der Waals surface area contributed by atoms with Crippen LogP contribution in [0.3, 0.4) is 0 Å². The van der Waals surface area contributed by atoms with Crippen LogP contribution in [-0.4, -0.2) is 20.5 Å². The zero-order chi connectivity index (χ0) is 15.4. The van der Waals surface area contributed by atoms with E-state index in [2.05, 4.69) is 23.9 Å². The fourth-order valence-corrected chi connectivity index (χ4v) is 2.36. The van der Waals surface area contributed by atoms with E-state index in [-0.39, 0.29) is 12.2 Å². The molecule has 0 aliphatic carbocycles. The van der Waals surface area contributed by atoms with Crippen LogP contribution in [0.15, 0.2) is 24.5 Å². The summed E-state index contributed by atoms with van der Waals surface area (Å²) in [6, 6.07) is 5.24. The summed E-state index contributed by atoms with van der Waals surface area (Å²) in [6.45, 7) is 4.96. The third kappa shape index (κ3) is 4.55. The van der Waals surface area contributed by atoms with Gasteiger partial charge in [-0.1, -0.05) is 43.1 Å². The molecule has 2 aromatic rings. The van der Waals surface area contributed by atoms with Gasteiger partial charge in [-0.3, -0.25) is 4.79 Å². The number of ketones is 1. The van der Waals surface area contributed by atoms with Gasteiger partial charge in [0.2, 0.25) is 0 Å². The Labute approximate surface area is 134 Å². The second kappa shape index (κ2) is 7.05. The summed E-state index contributed by atoms with van der Waals surface area (Å²) >= 11 is 11.8. The molecule has 0 spiro atoms. The highest BCUT2D eigenvalue weighted by atomic mass is 35.5. The fraction of sp³-hybridized carbons (Fsp3) is 0.400. The van der Waals surface area contributed by atoms with Crippen LogP contribution in [0.2, 0.25) is 10.0 Å². The predicted octanol–water partition coefficient (Wildman–Crippen LogP) is 3.60. The molecule has 6 heteroatoms. The quantitative estimate of drug-likeness (QED) is 0.815. The van der Waals surface area contributed by atoms with Gasteiger partial charge in [0.1, 0.15) is 17.9 Å². The van der Waals surface area contributed by atoms with Crippen molar-refractivity contribution in [3.05, 3.63) is 46.0 Å². The van der Waals surface area contributed by atoms with Crippen LogP contribution in [0.4, 0.5) is 0 Å². The topological polar surface area (TPSA) is 47.8 Å². The van der Waals surface area contributed by atoms with Crippen molar-refractivity contribution in [3.8, 4) is 0 Å². The molecule has 0 unspecified atom stereocenters. The molecule has 4 nitrogen and oxygen atoms in total. The maximum absolute atomic E-state index is 12.2. The normalized spacial score (nSPS) is 11.1. The SMILES string of the molecule is CC(C)Cn1ncnc1CC(=O)Cc1ccc(Cl)c(Cl)c1. The van der Waals surface area contributed by atoms with Crippen LogP contribution in [0, 0.1) is 5.92 Å². The van der Waals surface area contributed by atoms with E-state index in [0.717, 1.165) is 12.1 Å². The number of Topliss-reactive ketones (excluding diaryl/α,β-unsaturated/α-hetero) is 1. The Morgan fingerprint density at radius 3 is 2.67 bits per heavy atom. The van der Waals surface area contributed by atoms with Crippen molar-refractivity contribution in [2.75, 3.05) is 0 Å². The molecule has 0 amide bonds. The second-order valence-corrected chi connectivity index (χ2v) is 6.21. The lowest BCUT2D eigenvalue weighted by Crippen LogP contribution is -2.15. The van der Waals surface area contributed by atoms with Gasteiger partial charge in [-0.05, 0) is 23.6 Å². The molecule has 0 radical (unpaired) electrons. The standard InChI is InChI=1S/C15H17Cl2N3O/c1-10(2)8-20-15(18-9-19-20)7-12(21)5-11-3-4-13(16)14(17)6-11/h3-4,6,9-10H,5,7-8H2,1-2H3. The van der Waals surface area contributed by atoms with Crippen LogP contribution in [-0.2, 0) is 24.2 Å². The van der Waals surface area contributed by atoms with Gasteiger partial charge in [-0.2, -0.15) is 5.10 Å². The second-order valence-electron chi connectivity index (χ2n) is 5.39. The number of hydrogen-bond donors (Lipinski definition) is 0. The van der Waals surface area contributed by atoms with Gasteiger partial charge in [-0.15, -0.1) is 0 Å². The van der Waals surface area contributed by atoms with Gasteiger partial charge in [0.25, 0.3) is 0 Å². The highest BCUT2D eigenvalue weighted by molar-refractivity contribution is 6.42. The Kier molecular flexibility index (Phi) is 5.37. The van der Waals surface area contributed by atoms with Gasteiger partial charge in [0.05, 0.1) is 16.5 Å². The van der Waals surface area contributed by atoms with Crippen LogP contribution in [0.25, 0.3) is 0 Å². The lowest BCUT2D eigenvalue weighted by molar-refractivity contribution is -0.117. The Bertz CT molecular complexity index is 638. The number of rotatable bonds is 6. The molecule has 0 saturated heterocycles. The van der Waals surface area contributed by atoms with Crippen molar-refractivity contribution in [3.63, 3.8) is 0 Å². The molecule has 0 bridgehead atoms. The monoisotopic (exact) mass is 325 g/mol. The summed E-state index contributed by atoms with van der Waals surface area (Å²) in [5, 5.41) is 5.11. The first-order chi connectivity index (χ1) is 9.95. The highest BCUT2D eigenvalue weighted by Gasteiger charge is 2.12. The summed E-state index contributed by atoms with van der Waals surface area (Å²) in [4.78, 5) is 16.3. The zero-order valence-electron chi connectivity index (χ0n) is 12.0. The van der Waals surface area contributed by atoms with E-state index in [1.165, 1.54) is 6.33 Å². The van der Waals surface area contributed by atoms with Gasteiger partial charge in [-0.25, -0.2) is 9.67 Å². The van der Waals surface area contributed by atoms with E-state index in [4.69, 9.17) is 23.2 Å². The number of carbonyl (C=O) groups is 1. The van der Waals surface area contributed by atoms with Crippen molar-refractivity contribution >= 4 is 29.0 Å². The molecule has 1 aromatic carbocycles. The minimum Gasteiger partial charge on any atom is -0.299 e. The average molecular weight is 326 g/mol. The van der Waals surface area contributed by atoms with Crippen LogP contribution >= 0.6 is 23.2 Å². The van der Waals surface area contributed by atoms with Gasteiger partial charge < -0.3 is 0 Å². The number of nitrogens with zero attached hydrogens (tertiary/aromatic N) is 3. The third-order valence-electron chi connectivity index (χ3n) is 2.97. The van der Waals surface area contributed by atoms with Crippen molar-refractivity contribution in [1.82, 2.24) is 14.8 Å². The Morgan fingerprint density at radius 2 is 2.00 bits per heavy atom. The number of hydrogen-bond acceptors (Lipinski definition) is 3. The lowest BCUT2D eigenvalue weighted by Gasteiger charge is -2.08. The summed E-state index contributed by atoms with van der Waals surface area (Å²) in [6.07, 6.45) is 2.07. The van der Waals surface area contributed by atoms with Crippen molar-refractivity contribution < 1.29 is 4.79 Å². The predicted molar refractivity (Wildman–Crippen MR) is 83.7 cm³/mol. The molecule has 0 aliphatic heterocycles. The zero-order valence-corrected chi connectivity index (χ0v) is 13.5. The Morgan fingerprint density at radius 1 is 1.24 bits per heavy atom. The summed E-state index contributed by atoms with van der Waals surface area (Å²) in [5.74, 6) is 1.23. The maximum Gasteiger partial charge on any atom is 0.144 e. The molecule has 112 valence electrons. The Balaban J connectivity index is 2.01. The van der Waals surface area contributed by atoms with Crippen molar-refractivity contribution in [2.45, 2.75) is 33.2 Å². The summed E-state index contributed by atoms with van der Waals surface area (Å²) in [7, 11) is 0. The summed E-state index contributed by atoms with van der Waals surface area (Å²) in [5.41, 5.74) is 0.851. The Hall–Kier alpha value is -1.39. The number of carbonyl (C=O) groups excluding carboxylic acids is 1. The molecule has 0 atom stereocenters. The van der Waals surface area contributed by atoms with E-state index < -0.39 is 0 Å². The minimum atomic E-state index is 0.0754. The smallest absolute Gasteiger partial charge is 0.144 e. The molecular weight excluding hydrogens is 309 g/mol. The average Bonchev–Trinajstić information content (AvgIpc) is 2.80. The van der Waals surface area contributed by atoms with Crippen molar-refractivity contribution in [1.29, 1.82) is 0 Å². The van der Waals surface area contributed by atoms with Crippen LogP contribution < -0.4 is 0 Å². The first-order valence-corrected chi connectivity index (χ1v) is 7.53. The molecule has 0 saturated carbocycles. The van der Waals surface area contributed by atoms with E-state index in [0.29, 0.717) is 28.2 Å². The van der Waals surface area contributed by atoms with E-state index in [9.17, 15) is 4.79 Å². The first-order valence-electron chi connectivity index (χ1n) is 6.78. The maximum atomic E-state index is 12.2. The number of benzene rings is 1. The third-order valence-corrected chi connectivity index (χ3v) is 3.71.